The van der Waals surface area contributed by atoms with Crippen LogP contribution in [0.3, 0.4) is 0 Å². The summed E-state index contributed by atoms with van der Waals surface area (Å²) in [7, 11) is 1.66. The summed E-state index contributed by atoms with van der Waals surface area (Å²) in [6, 6.07) is 13.4. The molecule has 0 saturated carbocycles. The minimum Gasteiger partial charge on any atom is -0.443 e. The lowest BCUT2D eigenvalue weighted by Gasteiger charge is -2.19. The van der Waals surface area contributed by atoms with E-state index in [-0.39, 0.29) is 0 Å². The Labute approximate surface area is 194 Å². The van der Waals surface area contributed by atoms with Crippen LogP contribution in [0.25, 0.3) is 33.1 Å². The molecule has 0 unspecified atom stereocenters. The molecule has 2 aromatic heterocycles. The van der Waals surface area contributed by atoms with Crippen molar-refractivity contribution in [2.45, 2.75) is 33.0 Å². The van der Waals surface area contributed by atoms with Crippen molar-refractivity contribution in [1.82, 2.24) is 9.55 Å². The van der Waals surface area contributed by atoms with Gasteiger partial charge < -0.3 is 9.47 Å². The maximum atomic E-state index is 12.9. The number of fused-ring (bicyclic) bond motifs is 2. The van der Waals surface area contributed by atoms with Crippen molar-refractivity contribution in [2.75, 3.05) is 7.11 Å². The molecule has 0 saturated heterocycles. The molecule has 0 atom stereocenters. The largest absolute Gasteiger partial charge is 0.443 e. The fourth-order valence-corrected chi connectivity index (χ4v) is 4.08. The first-order chi connectivity index (χ1) is 14.7. The van der Waals surface area contributed by atoms with Gasteiger partial charge >= 0.3 is 6.09 Å². The van der Waals surface area contributed by atoms with E-state index in [1.807, 2.05) is 63.2 Å². The number of hydrogen-bond acceptors (Lipinski definition) is 4. The smallest absolute Gasteiger partial charge is 0.419 e. The number of carbonyl (C=O) groups excluding carboxylic acids is 1. The average Bonchev–Trinajstić information content (AvgIpc) is 3.05. The van der Waals surface area contributed by atoms with Gasteiger partial charge in [0.2, 0.25) is 0 Å². The van der Waals surface area contributed by atoms with Crippen LogP contribution in [0.1, 0.15) is 26.3 Å². The summed E-state index contributed by atoms with van der Waals surface area (Å²) < 4.78 is 13.5. The lowest BCUT2D eigenvalue weighted by Crippen LogP contribution is -2.26. The van der Waals surface area contributed by atoms with Crippen LogP contribution >= 0.6 is 27.5 Å². The Balaban J connectivity index is 1.96. The van der Waals surface area contributed by atoms with E-state index in [2.05, 4.69) is 15.9 Å². The highest BCUT2D eigenvalue weighted by atomic mass is 79.9. The quantitative estimate of drug-likeness (QED) is 0.298. The number of aromatic nitrogens is 2. The Kier molecular flexibility index (Phi) is 5.81. The zero-order valence-electron chi connectivity index (χ0n) is 17.7. The van der Waals surface area contributed by atoms with Crippen molar-refractivity contribution >= 4 is 55.4 Å². The van der Waals surface area contributed by atoms with E-state index < -0.39 is 11.7 Å². The summed E-state index contributed by atoms with van der Waals surface area (Å²) in [6.45, 7) is 5.97. The van der Waals surface area contributed by atoms with Gasteiger partial charge in [0.25, 0.3) is 0 Å². The number of pyridine rings is 1. The average molecular weight is 502 g/mol. The molecule has 0 bridgehead atoms. The molecule has 0 fully saturated rings. The maximum absolute atomic E-state index is 12.9. The highest BCUT2D eigenvalue weighted by Crippen LogP contribution is 2.35. The molecule has 5 nitrogen and oxygen atoms in total. The van der Waals surface area contributed by atoms with Gasteiger partial charge in [0, 0.05) is 39.1 Å². The molecule has 4 aromatic rings. The van der Waals surface area contributed by atoms with Crippen LogP contribution in [-0.2, 0) is 16.1 Å². The minimum absolute atomic E-state index is 0.433. The molecule has 160 valence electrons. The van der Waals surface area contributed by atoms with Crippen molar-refractivity contribution in [3.05, 3.63) is 63.7 Å². The van der Waals surface area contributed by atoms with Crippen LogP contribution < -0.4 is 0 Å². The predicted molar refractivity (Wildman–Crippen MR) is 128 cm³/mol. The topological polar surface area (TPSA) is 53.4 Å². The molecular weight excluding hydrogens is 480 g/mol. The second kappa shape index (κ2) is 8.26. The zero-order chi connectivity index (χ0) is 22.3. The van der Waals surface area contributed by atoms with Crippen LogP contribution in [0.15, 0.2) is 53.1 Å². The number of benzene rings is 2. The third-order valence-corrected chi connectivity index (χ3v) is 5.52. The molecule has 0 aliphatic heterocycles. The molecule has 31 heavy (non-hydrogen) atoms. The van der Waals surface area contributed by atoms with Gasteiger partial charge in [-0.2, -0.15) is 0 Å². The Hall–Kier alpha value is -2.41. The number of nitrogens with zero attached hydrogens (tertiary/aromatic N) is 2. The Morgan fingerprint density at radius 1 is 1.13 bits per heavy atom. The van der Waals surface area contributed by atoms with Crippen molar-refractivity contribution < 1.29 is 14.3 Å². The first-order valence-electron chi connectivity index (χ1n) is 9.79. The van der Waals surface area contributed by atoms with Crippen molar-refractivity contribution in [2.24, 2.45) is 0 Å². The second-order valence-electron chi connectivity index (χ2n) is 8.32. The molecule has 0 radical (unpaired) electrons. The molecule has 0 aliphatic carbocycles. The Morgan fingerprint density at radius 3 is 2.61 bits per heavy atom. The highest BCUT2D eigenvalue weighted by Gasteiger charge is 2.22. The van der Waals surface area contributed by atoms with Crippen LogP contribution in [0.2, 0.25) is 5.02 Å². The van der Waals surface area contributed by atoms with Crippen molar-refractivity contribution in [3.8, 4) is 11.3 Å². The normalized spacial score (nSPS) is 11.9. The molecular formula is C24H22BrClN2O3. The molecule has 0 amide bonds. The van der Waals surface area contributed by atoms with Gasteiger partial charge in [-0.15, -0.1) is 0 Å². The van der Waals surface area contributed by atoms with Gasteiger partial charge in [-0.25, -0.2) is 9.78 Å². The SMILES string of the molecule is COCc1cc(-c2cn(C(=O)OC(C)(C)C)c3ccc(Br)cc23)nc2cc(Cl)ccc12. The summed E-state index contributed by atoms with van der Waals surface area (Å²) in [5.41, 5.74) is 3.45. The van der Waals surface area contributed by atoms with E-state index in [0.29, 0.717) is 11.6 Å². The third kappa shape index (κ3) is 4.47. The second-order valence-corrected chi connectivity index (χ2v) is 9.67. The molecule has 0 spiro atoms. The Bertz CT molecular complexity index is 1310. The summed E-state index contributed by atoms with van der Waals surface area (Å²) in [4.78, 5) is 17.8. The number of ether oxygens (including phenoxy) is 2. The molecule has 2 heterocycles. The van der Waals surface area contributed by atoms with Gasteiger partial charge in [0.1, 0.15) is 5.60 Å². The van der Waals surface area contributed by atoms with Crippen LogP contribution in [-0.4, -0.2) is 28.4 Å². The van der Waals surface area contributed by atoms with E-state index in [9.17, 15) is 4.79 Å². The summed E-state index contributed by atoms with van der Waals surface area (Å²) in [5, 5.41) is 2.48. The maximum Gasteiger partial charge on any atom is 0.419 e. The lowest BCUT2D eigenvalue weighted by molar-refractivity contribution is 0.0544. The van der Waals surface area contributed by atoms with Gasteiger partial charge in [-0.1, -0.05) is 33.6 Å². The standard InChI is InChI=1S/C24H22BrClN2O3/c1-24(2,3)31-23(29)28-12-19(18-10-15(25)5-8-22(18)28)20-9-14(13-30-4)17-7-6-16(26)11-21(17)27-20/h5-12H,13H2,1-4H3. The van der Waals surface area contributed by atoms with Crippen molar-refractivity contribution in [3.63, 3.8) is 0 Å². The zero-order valence-corrected chi connectivity index (χ0v) is 20.0. The van der Waals surface area contributed by atoms with Gasteiger partial charge in [-0.3, -0.25) is 4.57 Å². The van der Waals surface area contributed by atoms with E-state index in [1.54, 1.807) is 13.3 Å². The molecule has 0 aliphatic rings. The number of halogens is 2. The van der Waals surface area contributed by atoms with Gasteiger partial charge in [0.15, 0.2) is 0 Å². The molecule has 7 heteroatoms. The minimum atomic E-state index is -0.604. The number of methoxy groups -OCH3 is 1. The van der Waals surface area contributed by atoms with E-state index in [4.69, 9.17) is 26.1 Å². The first kappa shape index (κ1) is 21.8. The molecule has 4 rings (SSSR count). The Morgan fingerprint density at radius 2 is 1.90 bits per heavy atom. The van der Waals surface area contributed by atoms with E-state index in [0.717, 1.165) is 43.1 Å². The third-order valence-electron chi connectivity index (χ3n) is 4.79. The monoisotopic (exact) mass is 500 g/mol. The number of rotatable bonds is 3. The van der Waals surface area contributed by atoms with Crippen LogP contribution in [0.4, 0.5) is 4.79 Å². The number of hydrogen-bond donors (Lipinski definition) is 0. The van der Waals surface area contributed by atoms with Crippen LogP contribution in [0.5, 0.6) is 0 Å². The summed E-state index contributed by atoms with van der Waals surface area (Å²) >= 11 is 9.77. The molecule has 2 aromatic carbocycles. The van der Waals surface area contributed by atoms with Crippen molar-refractivity contribution in [1.29, 1.82) is 0 Å². The van der Waals surface area contributed by atoms with Gasteiger partial charge in [0.05, 0.1) is 23.3 Å². The predicted octanol–water partition coefficient (Wildman–Crippen LogP) is 7.20. The summed E-state index contributed by atoms with van der Waals surface area (Å²) in [5.74, 6) is 0. The highest BCUT2D eigenvalue weighted by molar-refractivity contribution is 9.10. The first-order valence-corrected chi connectivity index (χ1v) is 11.0. The lowest BCUT2D eigenvalue weighted by atomic mass is 10.0. The number of carbonyl (C=O) groups is 1. The van der Waals surface area contributed by atoms with E-state index in [1.165, 1.54) is 4.57 Å². The van der Waals surface area contributed by atoms with E-state index >= 15 is 0 Å². The van der Waals surface area contributed by atoms with Gasteiger partial charge in [-0.05, 0) is 62.7 Å². The van der Waals surface area contributed by atoms with Crippen LogP contribution in [0, 0.1) is 0 Å². The fourth-order valence-electron chi connectivity index (χ4n) is 3.56. The molecule has 0 N–H and O–H groups in total. The fraction of sp³-hybridized carbons (Fsp3) is 0.250. The summed E-state index contributed by atoms with van der Waals surface area (Å²) in [6.07, 6.45) is 1.34.